The lowest BCUT2D eigenvalue weighted by molar-refractivity contribution is -0.137. The lowest BCUT2D eigenvalue weighted by atomic mass is 10.1. The first-order valence-corrected chi connectivity index (χ1v) is 10.2. The summed E-state index contributed by atoms with van der Waals surface area (Å²) in [5, 5.41) is 10.4. The minimum Gasteiger partial charge on any atom is -0.467 e. The van der Waals surface area contributed by atoms with Crippen molar-refractivity contribution in [1.29, 1.82) is 0 Å². The highest BCUT2D eigenvalue weighted by Crippen LogP contribution is 2.38. The van der Waals surface area contributed by atoms with Crippen LogP contribution in [0.15, 0.2) is 63.6 Å². The average Bonchev–Trinajstić information content (AvgIpc) is 3.25. The third-order valence-electron chi connectivity index (χ3n) is 5.16. The molecule has 1 N–H and O–H groups in total. The summed E-state index contributed by atoms with van der Waals surface area (Å²) in [4.78, 5) is 2.08. The summed E-state index contributed by atoms with van der Waals surface area (Å²) in [6.07, 6.45) is -1.55. The van der Waals surface area contributed by atoms with E-state index in [-0.39, 0.29) is 24.5 Å². The number of furan rings is 2. The standard InChI is InChI=1S/C23H24F3NO4/c24-23(25,26)21-6-2-1-5-20(21)22-10-9-18(31-22)13-27(16-7-8-16)12-17(28)14-29-15-19-4-3-11-30-19/h1-6,9-11,16-17,28H,7-8,12-15H2. The second-order valence-electron chi connectivity index (χ2n) is 7.72. The van der Waals surface area contributed by atoms with E-state index in [4.69, 9.17) is 13.6 Å². The third-order valence-corrected chi connectivity index (χ3v) is 5.16. The van der Waals surface area contributed by atoms with Crippen molar-refractivity contribution in [3.63, 3.8) is 0 Å². The van der Waals surface area contributed by atoms with Crippen molar-refractivity contribution in [2.45, 2.75) is 44.3 Å². The fourth-order valence-electron chi connectivity index (χ4n) is 3.55. The van der Waals surface area contributed by atoms with Crippen molar-refractivity contribution < 1.29 is 31.8 Å². The fraction of sp³-hybridized carbons (Fsp3) is 0.391. The molecular weight excluding hydrogens is 411 g/mol. The van der Waals surface area contributed by atoms with Crippen LogP contribution in [0.25, 0.3) is 11.3 Å². The summed E-state index contributed by atoms with van der Waals surface area (Å²) < 4.78 is 56.4. The van der Waals surface area contributed by atoms with Crippen molar-refractivity contribution in [3.8, 4) is 11.3 Å². The van der Waals surface area contributed by atoms with E-state index in [0.717, 1.165) is 18.9 Å². The molecule has 0 amide bonds. The molecule has 1 aromatic carbocycles. The molecule has 2 heterocycles. The van der Waals surface area contributed by atoms with Crippen LogP contribution >= 0.6 is 0 Å². The molecule has 1 unspecified atom stereocenters. The first-order chi connectivity index (χ1) is 14.9. The van der Waals surface area contributed by atoms with Gasteiger partial charge >= 0.3 is 6.18 Å². The maximum absolute atomic E-state index is 13.3. The van der Waals surface area contributed by atoms with Gasteiger partial charge in [0.2, 0.25) is 0 Å². The Hall–Kier alpha value is -2.55. The van der Waals surface area contributed by atoms with Gasteiger partial charge in [-0.15, -0.1) is 0 Å². The molecule has 3 aromatic rings. The number of nitrogens with zero attached hydrogens (tertiary/aromatic N) is 1. The Morgan fingerprint density at radius 2 is 1.87 bits per heavy atom. The van der Waals surface area contributed by atoms with E-state index in [1.165, 1.54) is 12.1 Å². The highest BCUT2D eigenvalue weighted by molar-refractivity contribution is 5.63. The molecule has 8 heteroatoms. The molecule has 0 bridgehead atoms. The Morgan fingerprint density at radius 1 is 1.06 bits per heavy atom. The van der Waals surface area contributed by atoms with Crippen molar-refractivity contribution in [1.82, 2.24) is 4.90 Å². The van der Waals surface area contributed by atoms with Crippen LogP contribution in [0, 0.1) is 0 Å². The van der Waals surface area contributed by atoms with Gasteiger partial charge in [-0.2, -0.15) is 13.2 Å². The number of rotatable bonds is 10. The van der Waals surface area contributed by atoms with Gasteiger partial charge in [-0.05, 0) is 43.2 Å². The second kappa shape index (κ2) is 9.30. The van der Waals surface area contributed by atoms with E-state index in [9.17, 15) is 18.3 Å². The Morgan fingerprint density at radius 3 is 2.58 bits per heavy atom. The molecule has 31 heavy (non-hydrogen) atoms. The number of ether oxygens (including phenoxy) is 1. The summed E-state index contributed by atoms with van der Waals surface area (Å²) >= 11 is 0. The minimum absolute atomic E-state index is 0.0191. The maximum Gasteiger partial charge on any atom is 0.417 e. The molecule has 1 saturated carbocycles. The van der Waals surface area contributed by atoms with Crippen LogP contribution in [0.5, 0.6) is 0 Å². The summed E-state index contributed by atoms with van der Waals surface area (Å²) in [7, 11) is 0. The van der Waals surface area contributed by atoms with E-state index in [1.807, 2.05) is 0 Å². The second-order valence-corrected chi connectivity index (χ2v) is 7.72. The fourth-order valence-corrected chi connectivity index (χ4v) is 3.55. The topological polar surface area (TPSA) is 59.0 Å². The number of hydrogen-bond donors (Lipinski definition) is 1. The zero-order valence-electron chi connectivity index (χ0n) is 16.8. The van der Waals surface area contributed by atoms with E-state index < -0.39 is 17.8 Å². The number of benzene rings is 1. The molecule has 4 rings (SSSR count). The van der Waals surface area contributed by atoms with E-state index in [1.54, 1.807) is 36.6 Å². The van der Waals surface area contributed by atoms with Crippen molar-refractivity contribution in [2.75, 3.05) is 13.2 Å². The molecule has 0 radical (unpaired) electrons. The van der Waals surface area contributed by atoms with Crippen LogP contribution in [-0.4, -0.2) is 35.3 Å². The molecule has 1 aliphatic carbocycles. The first kappa shape index (κ1) is 21.7. The molecule has 0 aliphatic heterocycles. The van der Waals surface area contributed by atoms with Crippen LogP contribution < -0.4 is 0 Å². The Labute approximate surface area is 178 Å². The first-order valence-electron chi connectivity index (χ1n) is 10.2. The Kier molecular flexibility index (Phi) is 6.50. The number of aliphatic hydroxyl groups excluding tert-OH is 1. The van der Waals surface area contributed by atoms with Gasteiger partial charge in [0, 0.05) is 18.2 Å². The Bertz CT molecular complexity index is 963. The molecule has 0 saturated heterocycles. The zero-order chi connectivity index (χ0) is 21.8. The Balaban J connectivity index is 1.37. The number of aliphatic hydroxyl groups is 1. The van der Waals surface area contributed by atoms with E-state index in [2.05, 4.69) is 4.90 Å². The largest absolute Gasteiger partial charge is 0.467 e. The summed E-state index contributed by atoms with van der Waals surface area (Å²) in [5.41, 5.74) is -0.704. The summed E-state index contributed by atoms with van der Waals surface area (Å²) in [6, 6.07) is 12.5. The predicted molar refractivity (Wildman–Crippen MR) is 107 cm³/mol. The molecular formula is C23H24F3NO4. The van der Waals surface area contributed by atoms with Gasteiger partial charge < -0.3 is 18.7 Å². The van der Waals surface area contributed by atoms with Crippen LogP contribution in [0.4, 0.5) is 13.2 Å². The van der Waals surface area contributed by atoms with Crippen LogP contribution in [0.3, 0.4) is 0 Å². The third kappa shape index (κ3) is 5.78. The lowest BCUT2D eigenvalue weighted by Gasteiger charge is -2.24. The highest BCUT2D eigenvalue weighted by Gasteiger charge is 2.34. The SMILES string of the molecule is OC(COCc1ccco1)CN(Cc1ccc(-c2ccccc2C(F)(F)F)o1)C1CC1. The average molecular weight is 435 g/mol. The smallest absolute Gasteiger partial charge is 0.417 e. The number of halogens is 3. The molecule has 1 aliphatic rings. The van der Waals surface area contributed by atoms with Crippen LogP contribution in [0.1, 0.15) is 29.9 Å². The molecule has 1 fully saturated rings. The van der Waals surface area contributed by atoms with E-state index >= 15 is 0 Å². The number of alkyl halides is 3. The molecule has 1 atom stereocenters. The van der Waals surface area contributed by atoms with Crippen LogP contribution in [-0.2, 0) is 24.1 Å². The quantitative estimate of drug-likeness (QED) is 0.480. The van der Waals surface area contributed by atoms with Gasteiger partial charge in [0.05, 0.1) is 31.1 Å². The zero-order valence-corrected chi connectivity index (χ0v) is 16.8. The van der Waals surface area contributed by atoms with Gasteiger partial charge in [-0.25, -0.2) is 0 Å². The summed E-state index contributed by atoms with van der Waals surface area (Å²) in [5.74, 6) is 1.43. The van der Waals surface area contributed by atoms with Crippen molar-refractivity contribution >= 4 is 0 Å². The van der Waals surface area contributed by atoms with Crippen molar-refractivity contribution in [3.05, 3.63) is 71.9 Å². The van der Waals surface area contributed by atoms with Gasteiger partial charge in [0.1, 0.15) is 23.9 Å². The summed E-state index contributed by atoms with van der Waals surface area (Å²) in [6.45, 7) is 1.24. The molecule has 5 nitrogen and oxygen atoms in total. The lowest BCUT2D eigenvalue weighted by Crippen LogP contribution is -2.36. The monoisotopic (exact) mass is 435 g/mol. The predicted octanol–water partition coefficient (Wildman–Crippen LogP) is 5.10. The highest BCUT2D eigenvalue weighted by atomic mass is 19.4. The van der Waals surface area contributed by atoms with Gasteiger partial charge in [-0.3, -0.25) is 4.90 Å². The number of hydrogen-bond acceptors (Lipinski definition) is 5. The molecule has 166 valence electrons. The van der Waals surface area contributed by atoms with Gasteiger partial charge in [-0.1, -0.05) is 18.2 Å². The maximum atomic E-state index is 13.3. The van der Waals surface area contributed by atoms with Crippen LogP contribution in [0.2, 0.25) is 0 Å². The van der Waals surface area contributed by atoms with Crippen molar-refractivity contribution in [2.24, 2.45) is 0 Å². The normalized spacial score (nSPS) is 15.5. The minimum atomic E-state index is -4.46. The van der Waals surface area contributed by atoms with Gasteiger partial charge in [0.25, 0.3) is 0 Å². The molecule has 2 aromatic heterocycles. The van der Waals surface area contributed by atoms with E-state index in [0.29, 0.717) is 30.7 Å². The van der Waals surface area contributed by atoms with Gasteiger partial charge in [0.15, 0.2) is 0 Å². The molecule has 0 spiro atoms.